The molecule has 2 heterocycles. The average Bonchev–Trinajstić information content (AvgIpc) is 3.05. The Hall–Kier alpha value is -2.23. The summed E-state index contributed by atoms with van der Waals surface area (Å²) in [5.41, 5.74) is 1.99. The molecule has 3 rings (SSSR count). The van der Waals surface area contributed by atoms with Gasteiger partial charge >= 0.3 is 0 Å². The minimum atomic E-state index is 0.104. The Bertz CT molecular complexity index is 692. The smallest absolute Gasteiger partial charge is 0.257 e. The maximum atomic E-state index is 12.6. The van der Waals surface area contributed by atoms with Crippen LogP contribution >= 0.6 is 0 Å². The van der Waals surface area contributed by atoms with Crippen LogP contribution in [0, 0.1) is 12.8 Å². The number of methoxy groups -OCH3 is 1. The molecule has 1 aromatic carbocycles. The van der Waals surface area contributed by atoms with Gasteiger partial charge in [0.25, 0.3) is 5.91 Å². The minimum absolute atomic E-state index is 0.104. The molecule has 4 nitrogen and oxygen atoms in total. The zero-order chi connectivity index (χ0) is 16.9. The van der Waals surface area contributed by atoms with E-state index in [9.17, 15) is 4.79 Å². The van der Waals surface area contributed by atoms with Crippen molar-refractivity contribution >= 4 is 5.91 Å². The van der Waals surface area contributed by atoms with Gasteiger partial charge in [-0.25, -0.2) is 0 Å². The predicted molar refractivity (Wildman–Crippen MR) is 93.4 cm³/mol. The molecule has 128 valence electrons. The third kappa shape index (κ3) is 3.81. The van der Waals surface area contributed by atoms with Crippen LogP contribution in [0.2, 0.25) is 0 Å². The molecule has 1 aromatic heterocycles. The number of rotatable bonds is 5. The molecular weight excluding hydrogens is 302 g/mol. The average molecular weight is 327 g/mol. The molecule has 2 aromatic rings. The summed E-state index contributed by atoms with van der Waals surface area (Å²) >= 11 is 0. The van der Waals surface area contributed by atoms with Crippen molar-refractivity contribution in [3.05, 3.63) is 53.5 Å². The fraction of sp³-hybridized carbons (Fsp3) is 0.450. The molecule has 1 saturated heterocycles. The van der Waals surface area contributed by atoms with Crippen molar-refractivity contribution in [2.45, 2.75) is 32.6 Å². The van der Waals surface area contributed by atoms with Crippen LogP contribution in [-0.2, 0) is 6.42 Å². The third-order valence-corrected chi connectivity index (χ3v) is 4.87. The van der Waals surface area contributed by atoms with Gasteiger partial charge in [-0.2, -0.15) is 0 Å². The molecule has 24 heavy (non-hydrogen) atoms. The van der Waals surface area contributed by atoms with Crippen LogP contribution in [-0.4, -0.2) is 31.0 Å². The molecule has 1 aliphatic heterocycles. The Morgan fingerprint density at radius 3 is 3.00 bits per heavy atom. The fourth-order valence-corrected chi connectivity index (χ4v) is 3.46. The maximum absolute atomic E-state index is 12.6. The largest absolute Gasteiger partial charge is 0.497 e. The van der Waals surface area contributed by atoms with E-state index in [-0.39, 0.29) is 5.91 Å². The molecule has 1 amide bonds. The van der Waals surface area contributed by atoms with Crippen LogP contribution in [0.5, 0.6) is 5.75 Å². The van der Waals surface area contributed by atoms with Crippen LogP contribution < -0.4 is 4.74 Å². The van der Waals surface area contributed by atoms with Crippen LogP contribution in [0.4, 0.5) is 0 Å². The molecule has 1 unspecified atom stereocenters. The zero-order valence-corrected chi connectivity index (χ0v) is 14.5. The highest BCUT2D eigenvalue weighted by atomic mass is 16.5. The lowest BCUT2D eigenvalue weighted by molar-refractivity contribution is 0.0666. The number of carbonyl (C=O) groups is 1. The van der Waals surface area contributed by atoms with E-state index in [1.807, 2.05) is 24.0 Å². The van der Waals surface area contributed by atoms with Gasteiger partial charge in [0.15, 0.2) is 0 Å². The number of hydrogen-bond acceptors (Lipinski definition) is 3. The summed E-state index contributed by atoms with van der Waals surface area (Å²) in [6.07, 6.45) is 5.98. The molecule has 0 bridgehead atoms. The van der Waals surface area contributed by atoms with Crippen LogP contribution in [0.25, 0.3) is 0 Å². The highest BCUT2D eigenvalue weighted by Crippen LogP contribution is 2.24. The van der Waals surface area contributed by atoms with Crippen molar-refractivity contribution in [3.63, 3.8) is 0 Å². The first kappa shape index (κ1) is 16.6. The van der Waals surface area contributed by atoms with Gasteiger partial charge in [0, 0.05) is 13.1 Å². The molecule has 0 aliphatic carbocycles. The Morgan fingerprint density at radius 1 is 1.38 bits per heavy atom. The summed E-state index contributed by atoms with van der Waals surface area (Å²) in [6, 6.07) is 10.0. The lowest BCUT2D eigenvalue weighted by Crippen LogP contribution is -2.40. The molecule has 0 spiro atoms. The second-order valence-electron chi connectivity index (χ2n) is 6.54. The number of furan rings is 1. The molecule has 0 radical (unpaired) electrons. The molecule has 1 atom stereocenters. The Labute approximate surface area is 143 Å². The first-order valence-corrected chi connectivity index (χ1v) is 8.63. The highest BCUT2D eigenvalue weighted by Gasteiger charge is 2.25. The van der Waals surface area contributed by atoms with Gasteiger partial charge < -0.3 is 14.1 Å². The van der Waals surface area contributed by atoms with Gasteiger partial charge in [-0.3, -0.25) is 4.79 Å². The van der Waals surface area contributed by atoms with Crippen LogP contribution in [0.3, 0.4) is 0 Å². The Morgan fingerprint density at radius 2 is 2.25 bits per heavy atom. The number of likely N-dealkylation sites (tertiary alicyclic amines) is 1. The second-order valence-corrected chi connectivity index (χ2v) is 6.54. The molecular formula is C20H25NO3. The van der Waals surface area contributed by atoms with E-state index in [0.29, 0.717) is 17.2 Å². The summed E-state index contributed by atoms with van der Waals surface area (Å²) < 4.78 is 10.6. The van der Waals surface area contributed by atoms with Gasteiger partial charge in [0.1, 0.15) is 11.5 Å². The zero-order valence-electron chi connectivity index (χ0n) is 14.5. The first-order chi connectivity index (χ1) is 11.7. The number of hydrogen-bond donors (Lipinski definition) is 0. The number of amides is 1. The predicted octanol–water partition coefficient (Wildman–Crippen LogP) is 4.08. The van der Waals surface area contributed by atoms with Crippen LogP contribution in [0.1, 0.15) is 40.9 Å². The molecule has 0 saturated carbocycles. The van der Waals surface area contributed by atoms with E-state index in [2.05, 4.69) is 12.1 Å². The van der Waals surface area contributed by atoms with E-state index in [1.54, 1.807) is 19.4 Å². The summed E-state index contributed by atoms with van der Waals surface area (Å²) in [7, 11) is 1.70. The minimum Gasteiger partial charge on any atom is -0.497 e. The van der Waals surface area contributed by atoms with Gasteiger partial charge in [-0.05, 0) is 62.3 Å². The monoisotopic (exact) mass is 327 g/mol. The number of piperidine rings is 1. The fourth-order valence-electron chi connectivity index (χ4n) is 3.46. The van der Waals surface area contributed by atoms with E-state index in [1.165, 1.54) is 12.0 Å². The third-order valence-electron chi connectivity index (χ3n) is 4.87. The highest BCUT2D eigenvalue weighted by molar-refractivity contribution is 5.95. The number of nitrogens with zero attached hydrogens (tertiary/aromatic N) is 1. The van der Waals surface area contributed by atoms with Gasteiger partial charge in [0.2, 0.25) is 0 Å². The Balaban J connectivity index is 1.57. The molecule has 1 aliphatic rings. The lowest BCUT2D eigenvalue weighted by Gasteiger charge is -2.32. The van der Waals surface area contributed by atoms with E-state index < -0.39 is 0 Å². The summed E-state index contributed by atoms with van der Waals surface area (Å²) in [5.74, 6) is 2.27. The lowest BCUT2D eigenvalue weighted by atomic mass is 9.91. The molecule has 4 heteroatoms. The van der Waals surface area contributed by atoms with Crippen molar-refractivity contribution in [2.75, 3.05) is 20.2 Å². The first-order valence-electron chi connectivity index (χ1n) is 8.63. The van der Waals surface area contributed by atoms with E-state index in [4.69, 9.17) is 9.15 Å². The molecule has 0 N–H and O–H groups in total. The van der Waals surface area contributed by atoms with Gasteiger partial charge in [-0.15, -0.1) is 0 Å². The normalized spacial score (nSPS) is 17.8. The number of ether oxygens (including phenoxy) is 1. The van der Waals surface area contributed by atoms with Gasteiger partial charge in [-0.1, -0.05) is 12.1 Å². The SMILES string of the molecule is COc1cccc(CCC2CCCN(C(=O)c3ccoc3C)C2)c1. The number of benzene rings is 1. The van der Waals surface area contributed by atoms with Gasteiger partial charge in [0.05, 0.1) is 18.9 Å². The second kappa shape index (κ2) is 7.56. The maximum Gasteiger partial charge on any atom is 0.257 e. The van der Waals surface area contributed by atoms with Crippen molar-refractivity contribution in [3.8, 4) is 5.75 Å². The van der Waals surface area contributed by atoms with Crippen molar-refractivity contribution in [1.29, 1.82) is 0 Å². The Kier molecular flexibility index (Phi) is 5.24. The molecule has 1 fully saturated rings. The number of carbonyl (C=O) groups excluding carboxylic acids is 1. The summed E-state index contributed by atoms with van der Waals surface area (Å²) in [4.78, 5) is 14.6. The quantitative estimate of drug-likeness (QED) is 0.831. The topological polar surface area (TPSA) is 42.7 Å². The standard InChI is InChI=1S/C20H25NO3/c1-15-19(10-12-24-15)20(22)21-11-4-6-17(14-21)9-8-16-5-3-7-18(13-16)23-2/h3,5,7,10,12-13,17H,4,6,8-9,11,14H2,1-2H3. The van der Waals surface area contributed by atoms with E-state index >= 15 is 0 Å². The summed E-state index contributed by atoms with van der Waals surface area (Å²) in [6.45, 7) is 3.53. The van der Waals surface area contributed by atoms with Crippen molar-refractivity contribution in [1.82, 2.24) is 4.90 Å². The van der Waals surface area contributed by atoms with Crippen LogP contribution in [0.15, 0.2) is 41.0 Å². The van der Waals surface area contributed by atoms with Crippen molar-refractivity contribution in [2.24, 2.45) is 5.92 Å². The van der Waals surface area contributed by atoms with Crippen molar-refractivity contribution < 1.29 is 13.9 Å². The summed E-state index contributed by atoms with van der Waals surface area (Å²) in [5, 5.41) is 0. The number of aryl methyl sites for hydroxylation is 2. The van der Waals surface area contributed by atoms with E-state index in [0.717, 1.165) is 38.1 Å².